The summed E-state index contributed by atoms with van der Waals surface area (Å²) in [4.78, 5) is 11.2. The smallest absolute Gasteiger partial charge is 0.254 e. The van der Waals surface area contributed by atoms with Crippen molar-refractivity contribution in [1.29, 1.82) is 0 Å². The molecule has 0 aliphatic carbocycles. The van der Waals surface area contributed by atoms with Crippen LogP contribution in [0.15, 0.2) is 12.1 Å². The number of hydrogen-bond donors (Lipinski definition) is 2. The molecule has 1 aromatic rings. The molecule has 0 heterocycles. The van der Waals surface area contributed by atoms with Gasteiger partial charge in [-0.3, -0.25) is 4.79 Å². The SMILES string of the molecule is O=C(NCCO)c1cc(F)c(Cl)cc1F. The van der Waals surface area contributed by atoms with Crippen molar-refractivity contribution in [3.05, 3.63) is 34.4 Å². The lowest BCUT2D eigenvalue weighted by Gasteiger charge is -2.05. The number of hydrogen-bond acceptors (Lipinski definition) is 2. The largest absolute Gasteiger partial charge is 0.395 e. The summed E-state index contributed by atoms with van der Waals surface area (Å²) in [5.41, 5.74) is -0.439. The Balaban J connectivity index is 2.94. The topological polar surface area (TPSA) is 49.3 Å². The van der Waals surface area contributed by atoms with Gasteiger partial charge in [-0.1, -0.05) is 11.6 Å². The maximum absolute atomic E-state index is 13.1. The molecule has 6 heteroatoms. The van der Waals surface area contributed by atoms with Crippen molar-refractivity contribution in [2.45, 2.75) is 0 Å². The summed E-state index contributed by atoms with van der Waals surface area (Å²) in [7, 11) is 0. The van der Waals surface area contributed by atoms with Crippen molar-refractivity contribution >= 4 is 17.5 Å². The molecule has 1 aromatic carbocycles. The Morgan fingerprint density at radius 3 is 2.67 bits per heavy atom. The predicted molar refractivity (Wildman–Crippen MR) is 50.8 cm³/mol. The first-order valence-corrected chi connectivity index (χ1v) is 4.47. The van der Waals surface area contributed by atoms with Crippen molar-refractivity contribution in [1.82, 2.24) is 5.32 Å². The normalized spacial score (nSPS) is 10.1. The minimum Gasteiger partial charge on any atom is -0.395 e. The third-order valence-corrected chi connectivity index (χ3v) is 1.94. The van der Waals surface area contributed by atoms with Crippen LogP contribution in [0.2, 0.25) is 5.02 Å². The fourth-order valence-corrected chi connectivity index (χ4v) is 1.11. The zero-order valence-electron chi connectivity index (χ0n) is 7.56. The highest BCUT2D eigenvalue weighted by atomic mass is 35.5. The Morgan fingerprint density at radius 1 is 1.40 bits per heavy atom. The Bertz CT molecular complexity index is 385. The van der Waals surface area contributed by atoms with Gasteiger partial charge in [-0.05, 0) is 12.1 Å². The first kappa shape index (κ1) is 11.9. The second-order valence-electron chi connectivity index (χ2n) is 2.73. The fraction of sp³-hybridized carbons (Fsp3) is 0.222. The number of halogens is 3. The van der Waals surface area contributed by atoms with Crippen molar-refractivity contribution < 1.29 is 18.7 Å². The number of rotatable bonds is 3. The summed E-state index contributed by atoms with van der Waals surface area (Å²) < 4.78 is 26.0. The van der Waals surface area contributed by atoms with Gasteiger partial charge in [0.1, 0.15) is 11.6 Å². The molecular formula is C9H8ClF2NO2. The number of benzene rings is 1. The van der Waals surface area contributed by atoms with E-state index >= 15 is 0 Å². The van der Waals surface area contributed by atoms with Crippen LogP contribution in [0.5, 0.6) is 0 Å². The fourth-order valence-electron chi connectivity index (χ4n) is 0.961. The van der Waals surface area contributed by atoms with Crippen LogP contribution in [-0.2, 0) is 0 Å². The molecule has 0 aliphatic heterocycles. The molecule has 2 N–H and O–H groups in total. The standard InChI is InChI=1S/C9H8ClF2NO2/c10-6-4-7(11)5(3-8(6)12)9(15)13-1-2-14/h3-4,14H,1-2H2,(H,13,15). The van der Waals surface area contributed by atoms with Gasteiger partial charge in [0.25, 0.3) is 5.91 Å². The van der Waals surface area contributed by atoms with Crippen LogP contribution in [0.4, 0.5) is 8.78 Å². The van der Waals surface area contributed by atoms with E-state index in [1.54, 1.807) is 0 Å². The molecule has 0 saturated heterocycles. The molecule has 0 saturated carbocycles. The molecule has 3 nitrogen and oxygen atoms in total. The van der Waals surface area contributed by atoms with Gasteiger partial charge in [0.15, 0.2) is 0 Å². The van der Waals surface area contributed by atoms with E-state index < -0.39 is 23.1 Å². The third kappa shape index (κ3) is 2.87. The zero-order valence-corrected chi connectivity index (χ0v) is 8.31. The van der Waals surface area contributed by atoms with Crippen molar-refractivity contribution in [2.75, 3.05) is 13.2 Å². The molecule has 15 heavy (non-hydrogen) atoms. The van der Waals surface area contributed by atoms with Crippen LogP contribution in [0, 0.1) is 11.6 Å². The minimum atomic E-state index is -0.906. The van der Waals surface area contributed by atoms with E-state index in [-0.39, 0.29) is 18.2 Å². The van der Waals surface area contributed by atoms with E-state index in [9.17, 15) is 13.6 Å². The highest BCUT2D eigenvalue weighted by Gasteiger charge is 2.14. The maximum atomic E-state index is 13.1. The molecule has 0 aromatic heterocycles. The first-order valence-electron chi connectivity index (χ1n) is 4.10. The minimum absolute atomic E-state index is 0.0253. The summed E-state index contributed by atoms with van der Waals surface area (Å²) in [5.74, 6) is -2.57. The molecule has 82 valence electrons. The highest BCUT2D eigenvalue weighted by Crippen LogP contribution is 2.19. The molecule has 0 radical (unpaired) electrons. The first-order chi connectivity index (χ1) is 7.06. The lowest BCUT2D eigenvalue weighted by molar-refractivity contribution is 0.0940. The Kier molecular flexibility index (Phi) is 3.99. The van der Waals surface area contributed by atoms with E-state index in [0.29, 0.717) is 6.07 Å². The molecule has 1 amide bonds. The molecule has 1 rings (SSSR count). The lowest BCUT2D eigenvalue weighted by atomic mass is 10.2. The van der Waals surface area contributed by atoms with Crippen LogP contribution < -0.4 is 5.32 Å². The second kappa shape index (κ2) is 5.04. The molecule has 0 fully saturated rings. The van der Waals surface area contributed by atoms with E-state index in [0.717, 1.165) is 6.07 Å². The number of carbonyl (C=O) groups excluding carboxylic acids is 1. The van der Waals surface area contributed by atoms with Crippen LogP contribution >= 0.6 is 11.6 Å². The summed E-state index contributed by atoms with van der Waals surface area (Å²) >= 11 is 5.31. The van der Waals surface area contributed by atoms with Crippen molar-refractivity contribution in [3.63, 3.8) is 0 Å². The average Bonchev–Trinajstić information content (AvgIpc) is 2.20. The summed E-state index contributed by atoms with van der Waals surface area (Å²) in [5, 5.41) is 10.2. The van der Waals surface area contributed by atoms with E-state index in [4.69, 9.17) is 16.7 Å². The number of nitrogens with one attached hydrogen (secondary N) is 1. The maximum Gasteiger partial charge on any atom is 0.254 e. The quantitative estimate of drug-likeness (QED) is 0.777. The van der Waals surface area contributed by atoms with Crippen LogP contribution in [0.1, 0.15) is 10.4 Å². The number of aliphatic hydroxyl groups excluding tert-OH is 1. The van der Waals surface area contributed by atoms with Gasteiger partial charge in [-0.25, -0.2) is 8.78 Å². The predicted octanol–water partition coefficient (Wildman–Crippen LogP) is 1.34. The van der Waals surface area contributed by atoms with Crippen LogP contribution in [0.3, 0.4) is 0 Å². The van der Waals surface area contributed by atoms with Crippen LogP contribution in [-0.4, -0.2) is 24.2 Å². The second-order valence-corrected chi connectivity index (χ2v) is 3.13. The Hall–Kier alpha value is -1.20. The van der Waals surface area contributed by atoms with E-state index in [2.05, 4.69) is 5.32 Å². The van der Waals surface area contributed by atoms with Crippen molar-refractivity contribution in [3.8, 4) is 0 Å². The molecule has 0 aliphatic rings. The van der Waals surface area contributed by atoms with Gasteiger partial charge in [0.05, 0.1) is 17.2 Å². The highest BCUT2D eigenvalue weighted by molar-refractivity contribution is 6.30. The Labute approximate surface area is 89.7 Å². The molecule has 0 unspecified atom stereocenters. The summed E-state index contributed by atoms with van der Waals surface area (Å²) in [6, 6.07) is 1.44. The molecular weight excluding hydrogens is 228 g/mol. The molecule has 0 atom stereocenters. The number of aliphatic hydroxyl groups is 1. The number of carbonyl (C=O) groups is 1. The van der Waals surface area contributed by atoms with Gasteiger partial charge < -0.3 is 10.4 Å². The van der Waals surface area contributed by atoms with Gasteiger partial charge in [-0.2, -0.15) is 0 Å². The Morgan fingerprint density at radius 2 is 2.07 bits per heavy atom. The van der Waals surface area contributed by atoms with E-state index in [1.807, 2.05) is 0 Å². The average molecular weight is 236 g/mol. The zero-order chi connectivity index (χ0) is 11.4. The van der Waals surface area contributed by atoms with Gasteiger partial charge >= 0.3 is 0 Å². The lowest BCUT2D eigenvalue weighted by Crippen LogP contribution is -2.27. The monoisotopic (exact) mass is 235 g/mol. The summed E-state index contributed by atoms with van der Waals surface area (Å²) in [6.45, 7) is -0.300. The van der Waals surface area contributed by atoms with Crippen molar-refractivity contribution in [2.24, 2.45) is 0 Å². The third-order valence-electron chi connectivity index (χ3n) is 1.65. The molecule has 0 bridgehead atoms. The van der Waals surface area contributed by atoms with Gasteiger partial charge in [-0.15, -0.1) is 0 Å². The van der Waals surface area contributed by atoms with Gasteiger partial charge in [0.2, 0.25) is 0 Å². The summed E-state index contributed by atoms with van der Waals surface area (Å²) in [6.07, 6.45) is 0. The van der Waals surface area contributed by atoms with E-state index in [1.165, 1.54) is 0 Å². The molecule has 0 spiro atoms. The number of amides is 1. The van der Waals surface area contributed by atoms with Crippen LogP contribution in [0.25, 0.3) is 0 Å². The van der Waals surface area contributed by atoms with Gasteiger partial charge in [0, 0.05) is 6.54 Å².